The maximum Gasteiger partial charge on any atom is 0.0770 e. The molecule has 26 heavy (non-hydrogen) atoms. The number of hydrogen-bond donors (Lipinski definition) is 1. The Labute approximate surface area is 165 Å². The molecule has 3 atom stereocenters. The Balaban J connectivity index is 0.00000243. The van der Waals surface area contributed by atoms with E-state index in [0.717, 1.165) is 19.6 Å². The van der Waals surface area contributed by atoms with Gasteiger partial charge in [-0.05, 0) is 57.4 Å². The molecule has 1 aromatic rings. The molecule has 1 N–H and O–H groups in total. The average molecular weight is 383 g/mol. The van der Waals surface area contributed by atoms with E-state index in [1.54, 1.807) is 0 Å². The monoisotopic (exact) mass is 382 g/mol. The van der Waals surface area contributed by atoms with E-state index in [1.807, 2.05) is 7.11 Å². The second-order valence-corrected chi connectivity index (χ2v) is 7.76. The second kappa shape index (κ2) is 10.6. The lowest BCUT2D eigenvalue weighted by molar-refractivity contribution is -0.122. The van der Waals surface area contributed by atoms with Crippen LogP contribution in [0, 0.1) is 5.92 Å². The molecule has 2 aliphatic rings. The first-order valence-electron chi connectivity index (χ1n) is 9.88. The van der Waals surface area contributed by atoms with Crippen LogP contribution in [-0.4, -0.2) is 49.6 Å². The van der Waals surface area contributed by atoms with Crippen molar-refractivity contribution in [3.8, 4) is 0 Å². The highest BCUT2D eigenvalue weighted by molar-refractivity contribution is 5.85. The van der Waals surface area contributed by atoms with Crippen molar-refractivity contribution in [2.24, 2.45) is 5.92 Å². The Morgan fingerprint density at radius 3 is 2.54 bits per heavy atom. The standard InChI is InChI=1S/C21H34N2O2.ClH/c1-16(15-18-7-5-4-6-8-18)22-23-13-14-25-21(17(23)2)19-9-11-20(24-3)12-10-19;/h4-8,16-17,19-22H,9-15H2,1-3H3;1H. The van der Waals surface area contributed by atoms with Crippen molar-refractivity contribution in [2.45, 2.75) is 70.2 Å². The van der Waals surface area contributed by atoms with Crippen LogP contribution in [0.3, 0.4) is 0 Å². The minimum atomic E-state index is 0. The summed E-state index contributed by atoms with van der Waals surface area (Å²) in [7, 11) is 1.84. The van der Waals surface area contributed by atoms with Crippen LogP contribution in [0.4, 0.5) is 0 Å². The third kappa shape index (κ3) is 5.67. The maximum atomic E-state index is 6.21. The summed E-state index contributed by atoms with van der Waals surface area (Å²) < 4.78 is 11.7. The van der Waals surface area contributed by atoms with Crippen LogP contribution < -0.4 is 5.43 Å². The normalized spacial score (nSPS) is 31.2. The third-order valence-electron chi connectivity index (χ3n) is 5.90. The van der Waals surface area contributed by atoms with Gasteiger partial charge in [-0.3, -0.25) is 5.43 Å². The van der Waals surface area contributed by atoms with Crippen molar-refractivity contribution < 1.29 is 9.47 Å². The lowest BCUT2D eigenvalue weighted by Crippen LogP contribution is -2.59. The van der Waals surface area contributed by atoms with E-state index in [4.69, 9.17) is 9.47 Å². The topological polar surface area (TPSA) is 33.7 Å². The van der Waals surface area contributed by atoms with E-state index in [0.29, 0.717) is 30.2 Å². The Kier molecular flexibility index (Phi) is 8.85. The van der Waals surface area contributed by atoms with Crippen LogP contribution in [0.1, 0.15) is 45.1 Å². The molecule has 0 amide bonds. The van der Waals surface area contributed by atoms with E-state index in [-0.39, 0.29) is 12.4 Å². The largest absolute Gasteiger partial charge is 0.381 e. The summed E-state index contributed by atoms with van der Waals surface area (Å²) in [6, 6.07) is 11.6. The summed E-state index contributed by atoms with van der Waals surface area (Å²) in [6.45, 7) is 6.37. The van der Waals surface area contributed by atoms with Gasteiger partial charge in [0.25, 0.3) is 0 Å². The van der Waals surface area contributed by atoms with Gasteiger partial charge in [0.1, 0.15) is 0 Å². The molecule has 4 nitrogen and oxygen atoms in total. The molecule has 1 saturated heterocycles. The van der Waals surface area contributed by atoms with Crippen LogP contribution in [0.15, 0.2) is 30.3 Å². The van der Waals surface area contributed by atoms with E-state index in [9.17, 15) is 0 Å². The predicted octanol–water partition coefficient (Wildman–Crippen LogP) is 3.84. The molecule has 1 aliphatic heterocycles. The third-order valence-corrected chi connectivity index (χ3v) is 5.90. The van der Waals surface area contributed by atoms with E-state index in [1.165, 1.54) is 31.2 Å². The van der Waals surface area contributed by atoms with Gasteiger partial charge in [-0.15, -0.1) is 12.4 Å². The van der Waals surface area contributed by atoms with Crippen LogP contribution in [0.25, 0.3) is 0 Å². The Hall–Kier alpha value is -0.650. The highest BCUT2D eigenvalue weighted by Gasteiger charge is 2.37. The number of halogens is 1. The van der Waals surface area contributed by atoms with E-state index >= 15 is 0 Å². The number of rotatable bonds is 6. The van der Waals surface area contributed by atoms with Gasteiger partial charge in [-0.25, -0.2) is 5.01 Å². The summed E-state index contributed by atoms with van der Waals surface area (Å²) in [5.41, 5.74) is 5.12. The molecule has 2 fully saturated rings. The number of nitrogens with zero attached hydrogens (tertiary/aromatic N) is 1. The number of methoxy groups -OCH3 is 1. The molecule has 3 unspecified atom stereocenters. The Morgan fingerprint density at radius 2 is 1.88 bits per heavy atom. The number of ether oxygens (including phenoxy) is 2. The van der Waals surface area contributed by atoms with Crippen molar-refractivity contribution in [1.82, 2.24) is 10.4 Å². The number of nitrogens with one attached hydrogen (secondary N) is 1. The fraction of sp³-hybridized carbons (Fsp3) is 0.714. The summed E-state index contributed by atoms with van der Waals surface area (Å²) in [5, 5.41) is 2.42. The molecule has 148 valence electrons. The summed E-state index contributed by atoms with van der Waals surface area (Å²) in [4.78, 5) is 0. The van der Waals surface area contributed by atoms with E-state index in [2.05, 4.69) is 54.6 Å². The zero-order valence-corrected chi connectivity index (χ0v) is 17.2. The van der Waals surface area contributed by atoms with Gasteiger partial charge in [0.05, 0.1) is 18.8 Å². The fourth-order valence-electron chi connectivity index (χ4n) is 4.47. The SMILES string of the molecule is COC1CCC(C2OCCN(NC(C)Cc3ccccc3)C2C)CC1.Cl. The number of hydrazine groups is 1. The Morgan fingerprint density at radius 1 is 1.19 bits per heavy atom. The quantitative estimate of drug-likeness (QED) is 0.810. The van der Waals surface area contributed by atoms with Crippen molar-refractivity contribution >= 4 is 12.4 Å². The van der Waals surface area contributed by atoms with Crippen molar-refractivity contribution in [3.63, 3.8) is 0 Å². The van der Waals surface area contributed by atoms with Gasteiger partial charge in [0.2, 0.25) is 0 Å². The number of morpholine rings is 1. The first-order chi connectivity index (χ1) is 12.2. The zero-order valence-electron chi connectivity index (χ0n) is 16.4. The van der Waals surface area contributed by atoms with Crippen molar-refractivity contribution in [1.29, 1.82) is 0 Å². The first kappa shape index (κ1) is 21.6. The second-order valence-electron chi connectivity index (χ2n) is 7.76. The smallest absolute Gasteiger partial charge is 0.0770 e. The van der Waals surface area contributed by atoms with Gasteiger partial charge >= 0.3 is 0 Å². The van der Waals surface area contributed by atoms with Gasteiger partial charge in [0.15, 0.2) is 0 Å². The maximum absolute atomic E-state index is 6.21. The van der Waals surface area contributed by atoms with Gasteiger partial charge in [-0.1, -0.05) is 30.3 Å². The van der Waals surface area contributed by atoms with Crippen molar-refractivity contribution in [2.75, 3.05) is 20.3 Å². The predicted molar refractivity (Wildman–Crippen MR) is 109 cm³/mol. The molecule has 3 rings (SSSR count). The molecule has 5 heteroatoms. The number of benzene rings is 1. The molecule has 1 heterocycles. The summed E-state index contributed by atoms with van der Waals surface area (Å²) in [5.74, 6) is 0.662. The van der Waals surface area contributed by atoms with Crippen LogP contribution in [0.2, 0.25) is 0 Å². The summed E-state index contributed by atoms with van der Waals surface area (Å²) >= 11 is 0. The minimum absolute atomic E-state index is 0. The van der Waals surface area contributed by atoms with Gasteiger partial charge < -0.3 is 9.47 Å². The molecule has 0 bridgehead atoms. The molecule has 0 aromatic heterocycles. The molecule has 0 spiro atoms. The van der Waals surface area contributed by atoms with Crippen LogP contribution in [0.5, 0.6) is 0 Å². The lowest BCUT2D eigenvalue weighted by atomic mass is 9.81. The fourth-order valence-corrected chi connectivity index (χ4v) is 4.47. The molecule has 1 aromatic carbocycles. The lowest BCUT2D eigenvalue weighted by Gasteiger charge is -2.45. The van der Waals surface area contributed by atoms with Crippen LogP contribution in [-0.2, 0) is 15.9 Å². The zero-order chi connectivity index (χ0) is 17.6. The molecule has 1 aliphatic carbocycles. The highest BCUT2D eigenvalue weighted by Crippen LogP contribution is 2.33. The van der Waals surface area contributed by atoms with Crippen LogP contribution >= 0.6 is 12.4 Å². The minimum Gasteiger partial charge on any atom is -0.381 e. The van der Waals surface area contributed by atoms with Gasteiger partial charge in [0, 0.05) is 25.7 Å². The highest BCUT2D eigenvalue weighted by atomic mass is 35.5. The van der Waals surface area contributed by atoms with E-state index < -0.39 is 0 Å². The van der Waals surface area contributed by atoms with Crippen molar-refractivity contribution in [3.05, 3.63) is 35.9 Å². The molecular weight excluding hydrogens is 348 g/mol. The van der Waals surface area contributed by atoms with Gasteiger partial charge in [-0.2, -0.15) is 0 Å². The number of hydrogen-bond acceptors (Lipinski definition) is 4. The summed E-state index contributed by atoms with van der Waals surface area (Å²) in [6.07, 6.45) is 6.63. The molecule has 0 radical (unpaired) electrons. The molecule has 1 saturated carbocycles. The average Bonchev–Trinajstić information content (AvgIpc) is 2.64. The first-order valence-corrected chi connectivity index (χ1v) is 9.88. The molecular formula is C21H35ClN2O2. The Bertz CT molecular complexity index is 508.